The van der Waals surface area contributed by atoms with Crippen LogP contribution in [0.5, 0.6) is 5.75 Å². The molecule has 1 aromatic rings. The Morgan fingerprint density at radius 3 is 2.63 bits per heavy atom. The van der Waals surface area contributed by atoms with Gasteiger partial charge in [-0.1, -0.05) is 18.5 Å². The molecule has 0 saturated carbocycles. The fraction of sp³-hybridized carbons (Fsp3) is 0.500. The summed E-state index contributed by atoms with van der Waals surface area (Å²) in [7, 11) is 0. The van der Waals surface area contributed by atoms with Crippen molar-refractivity contribution in [1.29, 1.82) is 0 Å². The summed E-state index contributed by atoms with van der Waals surface area (Å²) in [6.07, 6.45) is 1.46. The van der Waals surface area contributed by atoms with Crippen LogP contribution in [0, 0.1) is 0 Å². The van der Waals surface area contributed by atoms with E-state index in [0.717, 1.165) is 25.3 Å². The van der Waals surface area contributed by atoms with Gasteiger partial charge in [-0.3, -0.25) is 4.79 Å². The minimum atomic E-state index is 0.00672. The Kier molecular flexibility index (Phi) is 8.02. The minimum absolute atomic E-state index is 0.00672. The van der Waals surface area contributed by atoms with Gasteiger partial charge in [0.15, 0.2) is 0 Å². The summed E-state index contributed by atoms with van der Waals surface area (Å²) >= 11 is 5.76. The van der Waals surface area contributed by atoms with Gasteiger partial charge in [-0.2, -0.15) is 0 Å². The molecule has 2 N–H and O–H groups in total. The number of nitrogens with one attached hydrogen (secondary N) is 2. The Labute approximate surface area is 119 Å². The zero-order chi connectivity index (χ0) is 13.9. The monoisotopic (exact) mass is 284 g/mol. The lowest BCUT2D eigenvalue weighted by atomic mass is 10.3. The number of hydrogen-bond acceptors (Lipinski definition) is 3. The fourth-order valence-electron chi connectivity index (χ4n) is 1.47. The van der Waals surface area contributed by atoms with Gasteiger partial charge in [0, 0.05) is 18.1 Å². The quantitative estimate of drug-likeness (QED) is 0.684. The van der Waals surface area contributed by atoms with E-state index < -0.39 is 0 Å². The Bertz CT molecular complexity index is 368. The van der Waals surface area contributed by atoms with E-state index in [2.05, 4.69) is 17.6 Å². The molecule has 19 heavy (non-hydrogen) atoms. The van der Waals surface area contributed by atoms with Gasteiger partial charge >= 0.3 is 0 Å². The number of ether oxygens (including phenoxy) is 1. The molecule has 0 heterocycles. The number of carbonyl (C=O) groups is 1. The largest absolute Gasteiger partial charge is 0.493 e. The smallest absolute Gasteiger partial charge is 0.223 e. The normalized spacial score (nSPS) is 10.2. The Hall–Kier alpha value is -1.26. The first-order valence-electron chi connectivity index (χ1n) is 6.58. The molecule has 5 heteroatoms. The first kappa shape index (κ1) is 15.8. The van der Waals surface area contributed by atoms with Crippen molar-refractivity contribution in [3.05, 3.63) is 29.3 Å². The fourth-order valence-corrected chi connectivity index (χ4v) is 1.60. The van der Waals surface area contributed by atoms with Gasteiger partial charge in [0.2, 0.25) is 5.91 Å². The van der Waals surface area contributed by atoms with Crippen molar-refractivity contribution >= 4 is 17.5 Å². The predicted molar refractivity (Wildman–Crippen MR) is 77.7 cm³/mol. The molecule has 0 aromatic heterocycles. The standard InChI is InChI=1S/C14H21ClN2O2/c1-2-8-16-9-10-17-14(18)7-11-19-13-5-3-12(15)4-6-13/h3-6,16H,2,7-11H2,1H3,(H,17,18). The zero-order valence-corrected chi connectivity index (χ0v) is 12.0. The summed E-state index contributed by atoms with van der Waals surface area (Å²) < 4.78 is 5.44. The number of hydrogen-bond donors (Lipinski definition) is 2. The first-order chi connectivity index (χ1) is 9.22. The van der Waals surface area contributed by atoms with Crippen molar-refractivity contribution in [3.8, 4) is 5.75 Å². The highest BCUT2D eigenvalue weighted by Crippen LogP contribution is 2.15. The second-order valence-corrected chi connectivity index (χ2v) is 4.59. The molecule has 0 aliphatic carbocycles. The van der Waals surface area contributed by atoms with E-state index in [4.69, 9.17) is 16.3 Å². The van der Waals surface area contributed by atoms with E-state index in [1.165, 1.54) is 0 Å². The van der Waals surface area contributed by atoms with E-state index >= 15 is 0 Å². The van der Waals surface area contributed by atoms with E-state index in [1.54, 1.807) is 24.3 Å². The van der Waals surface area contributed by atoms with Crippen molar-refractivity contribution in [1.82, 2.24) is 10.6 Å². The molecular weight excluding hydrogens is 264 g/mol. The molecule has 0 radical (unpaired) electrons. The van der Waals surface area contributed by atoms with Crippen LogP contribution < -0.4 is 15.4 Å². The molecule has 0 aliphatic heterocycles. The van der Waals surface area contributed by atoms with Gasteiger partial charge in [-0.15, -0.1) is 0 Å². The molecule has 0 spiro atoms. The van der Waals surface area contributed by atoms with Crippen LogP contribution in [0.15, 0.2) is 24.3 Å². The number of amides is 1. The SMILES string of the molecule is CCCNCCNC(=O)CCOc1ccc(Cl)cc1. The third-order valence-electron chi connectivity index (χ3n) is 2.46. The highest BCUT2D eigenvalue weighted by molar-refractivity contribution is 6.30. The molecule has 0 fully saturated rings. The number of carbonyl (C=O) groups excluding carboxylic acids is 1. The molecule has 1 amide bonds. The molecule has 1 aromatic carbocycles. The van der Waals surface area contributed by atoms with E-state index in [-0.39, 0.29) is 5.91 Å². The highest BCUT2D eigenvalue weighted by atomic mass is 35.5. The average Bonchev–Trinajstić information content (AvgIpc) is 2.41. The van der Waals surface area contributed by atoms with Gasteiger partial charge < -0.3 is 15.4 Å². The number of rotatable bonds is 9. The maximum absolute atomic E-state index is 11.5. The maximum Gasteiger partial charge on any atom is 0.223 e. The van der Waals surface area contributed by atoms with Crippen LogP contribution in [0.1, 0.15) is 19.8 Å². The summed E-state index contributed by atoms with van der Waals surface area (Å²) in [6, 6.07) is 7.09. The molecule has 0 unspecified atom stereocenters. The molecular formula is C14H21ClN2O2. The van der Waals surface area contributed by atoms with Gasteiger partial charge in [0.1, 0.15) is 5.75 Å². The lowest BCUT2D eigenvalue weighted by Crippen LogP contribution is -2.32. The third-order valence-corrected chi connectivity index (χ3v) is 2.71. The van der Waals surface area contributed by atoms with Crippen LogP contribution in [0.3, 0.4) is 0 Å². The molecule has 0 saturated heterocycles. The zero-order valence-electron chi connectivity index (χ0n) is 11.2. The second-order valence-electron chi connectivity index (χ2n) is 4.15. The summed E-state index contributed by atoms with van der Waals surface area (Å²) in [4.78, 5) is 11.5. The molecule has 0 aliphatic rings. The second kappa shape index (κ2) is 9.64. The van der Waals surface area contributed by atoms with Crippen molar-refractivity contribution in [2.75, 3.05) is 26.2 Å². The molecule has 0 bridgehead atoms. The van der Waals surface area contributed by atoms with E-state index in [0.29, 0.717) is 24.6 Å². The van der Waals surface area contributed by atoms with Crippen LogP contribution in [0.4, 0.5) is 0 Å². The van der Waals surface area contributed by atoms with Crippen LogP contribution in [0.2, 0.25) is 5.02 Å². The van der Waals surface area contributed by atoms with Crippen LogP contribution in [-0.4, -0.2) is 32.1 Å². The maximum atomic E-state index is 11.5. The number of benzene rings is 1. The van der Waals surface area contributed by atoms with Crippen molar-refractivity contribution in [2.24, 2.45) is 0 Å². The van der Waals surface area contributed by atoms with E-state index in [1.807, 2.05) is 0 Å². The molecule has 4 nitrogen and oxygen atoms in total. The van der Waals surface area contributed by atoms with Crippen LogP contribution in [0.25, 0.3) is 0 Å². The number of halogens is 1. The predicted octanol–water partition coefficient (Wildman–Crippen LogP) is 2.22. The average molecular weight is 285 g/mol. The lowest BCUT2D eigenvalue weighted by Gasteiger charge is -2.07. The summed E-state index contributed by atoms with van der Waals surface area (Å²) in [5.41, 5.74) is 0. The van der Waals surface area contributed by atoms with Gasteiger partial charge in [-0.05, 0) is 37.2 Å². The van der Waals surface area contributed by atoms with Crippen LogP contribution >= 0.6 is 11.6 Å². The van der Waals surface area contributed by atoms with Crippen molar-refractivity contribution < 1.29 is 9.53 Å². The molecule has 0 atom stereocenters. The van der Waals surface area contributed by atoms with Crippen molar-refractivity contribution in [3.63, 3.8) is 0 Å². The third kappa shape index (κ3) is 7.70. The molecule has 1 rings (SSSR count). The van der Waals surface area contributed by atoms with Crippen LogP contribution in [-0.2, 0) is 4.79 Å². The Morgan fingerprint density at radius 1 is 1.21 bits per heavy atom. The minimum Gasteiger partial charge on any atom is -0.493 e. The van der Waals surface area contributed by atoms with Gasteiger partial charge in [-0.25, -0.2) is 0 Å². The topological polar surface area (TPSA) is 50.4 Å². The van der Waals surface area contributed by atoms with E-state index in [9.17, 15) is 4.79 Å². The highest BCUT2D eigenvalue weighted by Gasteiger charge is 2.01. The summed E-state index contributed by atoms with van der Waals surface area (Å²) in [6.45, 7) is 4.92. The van der Waals surface area contributed by atoms with Gasteiger partial charge in [0.25, 0.3) is 0 Å². The van der Waals surface area contributed by atoms with Gasteiger partial charge in [0.05, 0.1) is 13.0 Å². The summed E-state index contributed by atoms with van der Waals surface area (Å²) in [5, 5.41) is 6.72. The Morgan fingerprint density at radius 2 is 1.95 bits per heavy atom. The summed E-state index contributed by atoms with van der Waals surface area (Å²) in [5.74, 6) is 0.731. The van der Waals surface area contributed by atoms with Crippen molar-refractivity contribution in [2.45, 2.75) is 19.8 Å². The molecule has 106 valence electrons. The first-order valence-corrected chi connectivity index (χ1v) is 6.96. The lowest BCUT2D eigenvalue weighted by molar-refractivity contribution is -0.121. The Balaban J connectivity index is 2.05.